The quantitative estimate of drug-likeness (QED) is 0.445. The Morgan fingerprint density at radius 1 is 1.12 bits per heavy atom. The minimum atomic E-state index is -1.17. The van der Waals surface area contributed by atoms with Gasteiger partial charge in [-0.1, -0.05) is 56.5 Å². The predicted molar refractivity (Wildman–Crippen MR) is 160 cm³/mol. The summed E-state index contributed by atoms with van der Waals surface area (Å²) in [5.41, 5.74) is 0.314. The third-order valence-corrected chi connectivity index (χ3v) is 10.8. The van der Waals surface area contributed by atoms with E-state index in [0.717, 1.165) is 50.9 Å². The number of benzene rings is 1. The van der Waals surface area contributed by atoms with Gasteiger partial charge >= 0.3 is 0 Å². The maximum absolute atomic E-state index is 14.2. The normalized spacial score (nSPS) is 35.9. The molecule has 4 heterocycles. The van der Waals surface area contributed by atoms with Crippen LogP contribution in [0.25, 0.3) is 0 Å². The molecule has 3 amide bonds. The second-order valence-corrected chi connectivity index (χ2v) is 13.3. The van der Waals surface area contributed by atoms with E-state index in [-0.39, 0.29) is 23.8 Å². The van der Waals surface area contributed by atoms with Crippen molar-refractivity contribution in [3.8, 4) is 0 Å². The van der Waals surface area contributed by atoms with Gasteiger partial charge in [-0.3, -0.25) is 19.3 Å². The number of carbonyl (C=O) groups is 3. The Morgan fingerprint density at radius 3 is 2.67 bits per heavy atom. The van der Waals surface area contributed by atoms with E-state index in [9.17, 15) is 14.4 Å². The highest BCUT2D eigenvalue weighted by Gasteiger charge is 2.72. The van der Waals surface area contributed by atoms with Gasteiger partial charge in [0.2, 0.25) is 17.7 Å². The van der Waals surface area contributed by atoms with Crippen LogP contribution in [0, 0.1) is 30.6 Å². The lowest BCUT2D eigenvalue weighted by molar-refractivity contribution is -0.141. The van der Waals surface area contributed by atoms with Crippen molar-refractivity contribution in [3.05, 3.63) is 40.9 Å². The van der Waals surface area contributed by atoms with E-state index in [1.165, 1.54) is 0 Å². The van der Waals surface area contributed by atoms with Crippen LogP contribution in [0.15, 0.2) is 30.4 Å². The molecule has 6 unspecified atom stereocenters. The van der Waals surface area contributed by atoms with Crippen LogP contribution >= 0.6 is 11.6 Å². The van der Waals surface area contributed by atoms with Crippen molar-refractivity contribution >= 4 is 35.0 Å². The average Bonchev–Trinajstić information content (AvgIpc) is 3.61. The zero-order valence-corrected chi connectivity index (χ0v) is 25.6. The van der Waals surface area contributed by atoms with E-state index >= 15 is 0 Å². The topological polar surface area (TPSA) is 100 Å². The zero-order valence-electron chi connectivity index (χ0n) is 24.8. The smallest absolute Gasteiger partial charge is 0.246 e. The second-order valence-electron chi connectivity index (χ2n) is 12.9. The lowest BCUT2D eigenvalue weighted by Gasteiger charge is -2.38. The Hall–Kier alpha value is -2.46. The molecule has 9 nitrogen and oxygen atoms in total. The Bertz CT molecular complexity index is 1250. The number of ether oxygens (including phenoxy) is 2. The molecule has 1 spiro atoms. The van der Waals surface area contributed by atoms with E-state index in [2.05, 4.69) is 29.4 Å². The molecule has 1 aromatic rings. The molecule has 4 fully saturated rings. The summed E-state index contributed by atoms with van der Waals surface area (Å²) in [6, 6.07) is 4.59. The molecule has 5 aliphatic rings. The zero-order chi connectivity index (χ0) is 29.6. The molecule has 42 heavy (non-hydrogen) atoms. The largest absolute Gasteiger partial charge is 0.379 e. The Morgan fingerprint density at radius 2 is 1.90 bits per heavy atom. The second kappa shape index (κ2) is 11.9. The van der Waals surface area contributed by atoms with Gasteiger partial charge in [0.1, 0.15) is 11.6 Å². The van der Waals surface area contributed by atoms with Gasteiger partial charge in [0.25, 0.3) is 0 Å². The maximum atomic E-state index is 14.2. The number of fused-ring (bicyclic) bond motifs is 1. The average molecular weight is 599 g/mol. The first kappa shape index (κ1) is 29.6. The fourth-order valence-electron chi connectivity index (χ4n) is 7.74. The molecule has 1 saturated carbocycles. The van der Waals surface area contributed by atoms with E-state index < -0.39 is 29.6 Å². The lowest BCUT2D eigenvalue weighted by Crippen LogP contribution is -2.58. The summed E-state index contributed by atoms with van der Waals surface area (Å²) in [6.45, 7) is 10.7. The number of nitrogens with zero attached hydrogens (tertiary/aromatic N) is 2. The molecule has 1 aliphatic carbocycles. The first-order chi connectivity index (χ1) is 20.2. The van der Waals surface area contributed by atoms with Gasteiger partial charge in [0, 0.05) is 42.9 Å². The Labute approximate surface area is 253 Å². The number of hydrogen-bond donors (Lipinski definition) is 2. The van der Waals surface area contributed by atoms with Crippen molar-refractivity contribution in [1.29, 1.82) is 0 Å². The van der Waals surface area contributed by atoms with Gasteiger partial charge in [-0.2, -0.15) is 0 Å². The van der Waals surface area contributed by atoms with Crippen molar-refractivity contribution in [2.24, 2.45) is 23.7 Å². The van der Waals surface area contributed by atoms with E-state index in [1.54, 1.807) is 17.0 Å². The number of halogens is 1. The summed E-state index contributed by atoms with van der Waals surface area (Å²) >= 11 is 6.31. The molecule has 6 rings (SSSR count). The highest BCUT2D eigenvalue weighted by atomic mass is 35.5. The van der Waals surface area contributed by atoms with Crippen LogP contribution in [-0.2, 0) is 23.9 Å². The highest BCUT2D eigenvalue weighted by molar-refractivity contribution is 6.31. The minimum absolute atomic E-state index is 0.0509. The monoisotopic (exact) mass is 598 g/mol. The van der Waals surface area contributed by atoms with Gasteiger partial charge in [0.05, 0.1) is 31.2 Å². The van der Waals surface area contributed by atoms with Crippen molar-refractivity contribution in [2.45, 2.75) is 70.2 Å². The van der Waals surface area contributed by atoms with Crippen molar-refractivity contribution in [3.63, 3.8) is 0 Å². The number of hydrogen-bond acceptors (Lipinski definition) is 6. The van der Waals surface area contributed by atoms with Crippen molar-refractivity contribution in [1.82, 2.24) is 15.1 Å². The van der Waals surface area contributed by atoms with Crippen LogP contribution in [-0.4, -0.2) is 90.7 Å². The van der Waals surface area contributed by atoms with E-state index in [0.29, 0.717) is 42.3 Å². The van der Waals surface area contributed by atoms with E-state index in [4.69, 9.17) is 21.1 Å². The number of aryl methyl sites for hydroxylation is 1. The number of anilines is 1. The lowest BCUT2D eigenvalue weighted by atomic mass is 9.73. The minimum Gasteiger partial charge on any atom is -0.379 e. The summed E-state index contributed by atoms with van der Waals surface area (Å²) in [4.78, 5) is 46.2. The number of morpholine rings is 1. The molecule has 0 radical (unpaired) electrons. The molecule has 228 valence electrons. The third kappa shape index (κ3) is 5.27. The molecular weight excluding hydrogens is 556 g/mol. The molecule has 10 heteroatoms. The standard InChI is InChI=1S/C32H43ClN4O5/c1-19-6-4-7-24(21(19)3)35-30(39)28-32-11-10-25(42-32)26(29(38)34-22-9-8-20(2)23(33)18-22)27(32)31(40)37(28)13-5-12-36-14-16-41-17-15-36/h8-11,18-19,21,24-28H,4-7,12-17H2,1-3H3,(H,34,38)(H,35,39)/t19?,21?,24?,25-,26?,27-,28?,32?/m0/s1. The Balaban J connectivity index is 1.25. The van der Waals surface area contributed by atoms with Crippen LogP contribution in [0.3, 0.4) is 0 Å². The number of nitrogens with one attached hydrogen (secondary N) is 2. The first-order valence-electron chi connectivity index (χ1n) is 15.5. The molecule has 1 aromatic carbocycles. The summed E-state index contributed by atoms with van der Waals surface area (Å²) in [6.07, 6.45) is 7.05. The summed E-state index contributed by atoms with van der Waals surface area (Å²) in [7, 11) is 0. The molecule has 8 atom stereocenters. The molecule has 2 bridgehead atoms. The maximum Gasteiger partial charge on any atom is 0.246 e. The molecule has 2 N–H and O–H groups in total. The fourth-order valence-corrected chi connectivity index (χ4v) is 7.92. The van der Waals surface area contributed by atoms with Crippen LogP contribution in [0.1, 0.15) is 45.1 Å². The SMILES string of the molecule is Cc1ccc(NC(=O)C2[C@@H]3C=CC4(O3)C(C(=O)NC3CCCC(C)C3C)N(CCCN3CCOCC3)C(=O)[C@H]24)cc1Cl. The van der Waals surface area contributed by atoms with E-state index in [1.807, 2.05) is 25.1 Å². The number of likely N-dealkylation sites (tertiary alicyclic amines) is 1. The Kier molecular flexibility index (Phi) is 8.39. The van der Waals surface area contributed by atoms with Gasteiger partial charge in [-0.05, 0) is 49.3 Å². The molecule has 3 saturated heterocycles. The van der Waals surface area contributed by atoms with Gasteiger partial charge < -0.3 is 25.0 Å². The van der Waals surface area contributed by atoms with Crippen LogP contribution in [0.5, 0.6) is 0 Å². The highest BCUT2D eigenvalue weighted by Crippen LogP contribution is 2.55. The number of carbonyl (C=O) groups excluding carboxylic acids is 3. The van der Waals surface area contributed by atoms with Crippen molar-refractivity contribution < 1.29 is 23.9 Å². The molecular formula is C32H43ClN4O5. The number of rotatable bonds is 8. The summed E-state index contributed by atoms with van der Waals surface area (Å²) < 4.78 is 12.0. The molecule has 4 aliphatic heterocycles. The summed E-state index contributed by atoms with van der Waals surface area (Å²) in [5.74, 6) is -1.30. The predicted octanol–water partition coefficient (Wildman–Crippen LogP) is 3.40. The van der Waals surface area contributed by atoms with Crippen LogP contribution in [0.4, 0.5) is 5.69 Å². The van der Waals surface area contributed by atoms with Crippen molar-refractivity contribution in [2.75, 3.05) is 44.7 Å². The van der Waals surface area contributed by atoms with Gasteiger partial charge in [-0.25, -0.2) is 0 Å². The molecule has 0 aromatic heterocycles. The van der Waals surface area contributed by atoms with Crippen LogP contribution < -0.4 is 10.6 Å². The third-order valence-electron chi connectivity index (χ3n) is 10.4. The number of amides is 3. The summed E-state index contributed by atoms with van der Waals surface area (Å²) in [5, 5.41) is 6.84. The van der Waals surface area contributed by atoms with Gasteiger partial charge in [-0.15, -0.1) is 0 Å². The fraction of sp³-hybridized carbons (Fsp3) is 0.656. The van der Waals surface area contributed by atoms with Gasteiger partial charge in [0.15, 0.2) is 0 Å². The van der Waals surface area contributed by atoms with Crippen LogP contribution in [0.2, 0.25) is 5.02 Å². The first-order valence-corrected chi connectivity index (χ1v) is 15.9.